The highest BCUT2D eigenvalue weighted by Gasteiger charge is 2.30. The van der Waals surface area contributed by atoms with Gasteiger partial charge in [0.2, 0.25) is 0 Å². The predicted octanol–water partition coefficient (Wildman–Crippen LogP) is 2.16. The molecule has 0 heterocycles. The van der Waals surface area contributed by atoms with Crippen molar-refractivity contribution < 1.29 is 28.8 Å². The normalized spacial score (nSPS) is 16.0. The van der Waals surface area contributed by atoms with Gasteiger partial charge in [0, 0.05) is 11.2 Å². The van der Waals surface area contributed by atoms with Gasteiger partial charge >= 0.3 is 12.9 Å². The summed E-state index contributed by atoms with van der Waals surface area (Å²) in [7, 11) is 0. The molecule has 1 unspecified atom stereocenters. The third kappa shape index (κ3) is 6.15. The number of hydrogen-bond donors (Lipinski definition) is 2. The van der Waals surface area contributed by atoms with Crippen molar-refractivity contribution in [2.45, 2.75) is 19.6 Å². The van der Waals surface area contributed by atoms with Gasteiger partial charge < -0.3 is 10.00 Å². The number of hydroxylamine groups is 2. The summed E-state index contributed by atoms with van der Waals surface area (Å²) in [6.07, 6.45) is 0. The van der Waals surface area contributed by atoms with Gasteiger partial charge in [0.25, 0.3) is 0 Å². The molecule has 106 valence electrons. The molecule has 0 aliphatic heterocycles. The van der Waals surface area contributed by atoms with Crippen LogP contribution in [-0.2, 0) is 25.4 Å². The van der Waals surface area contributed by atoms with E-state index in [-0.39, 0.29) is 6.61 Å². The van der Waals surface area contributed by atoms with Crippen LogP contribution in [0.3, 0.4) is 0 Å². The van der Waals surface area contributed by atoms with Gasteiger partial charge in [-0.15, -0.1) is 0 Å². The van der Waals surface area contributed by atoms with E-state index in [1.54, 1.807) is 30.3 Å². The number of hydrogen-bond acceptors (Lipinski definition) is 5. The molecule has 0 radical (unpaired) electrons. The lowest BCUT2D eigenvalue weighted by Gasteiger charge is -2.24. The molecule has 1 aromatic rings. The monoisotopic (exact) mass is 309 g/mol. The highest BCUT2D eigenvalue weighted by molar-refractivity contribution is 7.80. The van der Waals surface area contributed by atoms with Gasteiger partial charge in [0.1, 0.15) is 0 Å². The molecule has 2 atom stereocenters. The summed E-state index contributed by atoms with van der Waals surface area (Å²) >= 11 is 5.03. The van der Waals surface area contributed by atoms with E-state index in [0.29, 0.717) is 5.23 Å². The lowest BCUT2D eigenvalue weighted by Crippen LogP contribution is -2.37. The molecule has 0 aliphatic rings. The van der Waals surface area contributed by atoms with Crippen molar-refractivity contribution in [2.24, 2.45) is 0 Å². The van der Waals surface area contributed by atoms with E-state index in [2.05, 4.69) is 4.62 Å². The van der Waals surface area contributed by atoms with Crippen LogP contribution >= 0.6 is 18.2 Å². The SMILES string of the molecule is C[C@@H](C(=O)O)N(OCc1ccccc1)OP(=O)(O)Cl. The van der Waals surface area contributed by atoms with E-state index in [1.807, 2.05) is 0 Å². The number of carbonyl (C=O) groups is 1. The van der Waals surface area contributed by atoms with Gasteiger partial charge in [-0.3, -0.25) is 9.63 Å². The fourth-order valence-corrected chi connectivity index (χ4v) is 1.68. The minimum absolute atomic E-state index is 0.0324. The lowest BCUT2D eigenvalue weighted by atomic mass is 10.2. The summed E-state index contributed by atoms with van der Waals surface area (Å²) in [5.41, 5.74) is 0.732. The zero-order chi connectivity index (χ0) is 14.5. The van der Waals surface area contributed by atoms with Crippen molar-refractivity contribution in [3.8, 4) is 0 Å². The Kier molecular flexibility index (Phi) is 5.93. The van der Waals surface area contributed by atoms with Crippen molar-refractivity contribution in [3.63, 3.8) is 0 Å². The Balaban J connectivity index is 2.69. The number of halogens is 1. The van der Waals surface area contributed by atoms with Gasteiger partial charge in [0.05, 0.1) is 6.61 Å². The third-order valence-electron chi connectivity index (χ3n) is 2.06. The van der Waals surface area contributed by atoms with Crippen molar-refractivity contribution in [1.82, 2.24) is 5.23 Å². The molecule has 0 amide bonds. The third-order valence-corrected chi connectivity index (χ3v) is 2.60. The summed E-state index contributed by atoms with van der Waals surface area (Å²) < 4.78 is 15.3. The van der Waals surface area contributed by atoms with Crippen LogP contribution in [-0.4, -0.2) is 27.2 Å². The smallest absolute Gasteiger partial charge is 0.440 e. The minimum atomic E-state index is -4.43. The standard InChI is InChI=1S/C10H13ClNO6P/c1-8(10(13)14)12(18-19(11,15)16)17-7-9-5-3-2-4-6-9/h2-6,8H,7H2,1H3,(H,13,14)(H,15,16)/t8-/m0/s1. The first-order valence-electron chi connectivity index (χ1n) is 5.20. The maximum Gasteiger partial charge on any atom is 0.440 e. The second kappa shape index (κ2) is 7.00. The van der Waals surface area contributed by atoms with Gasteiger partial charge in [-0.05, 0) is 17.7 Å². The van der Waals surface area contributed by atoms with E-state index in [0.717, 1.165) is 5.56 Å². The largest absolute Gasteiger partial charge is 0.480 e. The van der Waals surface area contributed by atoms with Crippen molar-refractivity contribution in [3.05, 3.63) is 35.9 Å². The zero-order valence-electron chi connectivity index (χ0n) is 9.97. The summed E-state index contributed by atoms with van der Waals surface area (Å²) in [5, 5.41) is 9.24. The van der Waals surface area contributed by atoms with E-state index >= 15 is 0 Å². The quantitative estimate of drug-likeness (QED) is 0.588. The number of carboxylic acid groups (broad SMARTS) is 1. The van der Waals surface area contributed by atoms with Crippen LogP contribution in [0.2, 0.25) is 0 Å². The van der Waals surface area contributed by atoms with Crippen LogP contribution in [0, 0.1) is 0 Å². The highest BCUT2D eigenvalue weighted by Crippen LogP contribution is 2.48. The van der Waals surface area contributed by atoms with Crippen LogP contribution in [0.15, 0.2) is 30.3 Å². The molecular formula is C10H13ClNO6P. The van der Waals surface area contributed by atoms with Crippen molar-refractivity contribution in [2.75, 3.05) is 0 Å². The number of nitrogens with zero attached hydrogens (tertiary/aromatic N) is 1. The molecule has 1 rings (SSSR count). The fourth-order valence-electron chi connectivity index (χ4n) is 1.11. The maximum atomic E-state index is 10.9. The first kappa shape index (κ1) is 16.1. The number of aliphatic carboxylic acids is 1. The molecule has 19 heavy (non-hydrogen) atoms. The average Bonchev–Trinajstić information content (AvgIpc) is 2.33. The Bertz CT molecular complexity index is 464. The molecule has 0 saturated carbocycles. The molecule has 0 aliphatic carbocycles. The first-order chi connectivity index (χ1) is 8.79. The topological polar surface area (TPSA) is 96.3 Å². The van der Waals surface area contributed by atoms with Crippen LogP contribution in [0.4, 0.5) is 0 Å². The Labute approximate surface area is 114 Å². The number of benzene rings is 1. The van der Waals surface area contributed by atoms with Gasteiger partial charge in [0.15, 0.2) is 6.04 Å². The van der Waals surface area contributed by atoms with E-state index < -0.39 is 19.0 Å². The average molecular weight is 310 g/mol. The fraction of sp³-hybridized carbons (Fsp3) is 0.300. The van der Waals surface area contributed by atoms with Crippen LogP contribution in [0.1, 0.15) is 12.5 Å². The predicted molar refractivity (Wildman–Crippen MR) is 66.9 cm³/mol. The summed E-state index contributed by atoms with van der Waals surface area (Å²) in [4.78, 5) is 24.8. The molecule has 0 spiro atoms. The highest BCUT2D eigenvalue weighted by atomic mass is 35.7. The zero-order valence-corrected chi connectivity index (χ0v) is 11.6. The Morgan fingerprint density at radius 1 is 1.47 bits per heavy atom. The van der Waals surface area contributed by atoms with Crippen LogP contribution in [0.5, 0.6) is 0 Å². The number of carboxylic acids is 1. The summed E-state index contributed by atoms with van der Waals surface area (Å²) in [5.74, 6) is -1.29. The molecule has 1 aromatic carbocycles. The number of rotatable bonds is 7. The lowest BCUT2D eigenvalue weighted by molar-refractivity contribution is -0.342. The Morgan fingerprint density at radius 3 is 2.53 bits per heavy atom. The second-order valence-electron chi connectivity index (χ2n) is 3.59. The summed E-state index contributed by atoms with van der Waals surface area (Å²) in [6, 6.07) is 7.51. The molecule has 0 bridgehead atoms. The minimum Gasteiger partial charge on any atom is -0.480 e. The van der Waals surface area contributed by atoms with Gasteiger partial charge in [-0.1, -0.05) is 30.3 Å². The maximum absolute atomic E-state index is 10.9. The van der Waals surface area contributed by atoms with Gasteiger partial charge in [-0.25, -0.2) is 4.57 Å². The molecule has 0 aromatic heterocycles. The van der Waals surface area contributed by atoms with E-state index in [1.165, 1.54) is 6.92 Å². The molecule has 9 heteroatoms. The first-order valence-corrected chi connectivity index (χ1v) is 7.69. The van der Waals surface area contributed by atoms with Crippen molar-refractivity contribution in [1.29, 1.82) is 0 Å². The molecule has 2 N–H and O–H groups in total. The Morgan fingerprint density at radius 2 is 2.05 bits per heavy atom. The molecule has 0 fully saturated rings. The van der Waals surface area contributed by atoms with Crippen molar-refractivity contribution >= 4 is 24.2 Å². The van der Waals surface area contributed by atoms with Crippen LogP contribution < -0.4 is 0 Å². The second-order valence-corrected chi connectivity index (χ2v) is 5.94. The van der Waals surface area contributed by atoms with E-state index in [9.17, 15) is 9.36 Å². The molecule has 0 saturated heterocycles. The van der Waals surface area contributed by atoms with Crippen LogP contribution in [0.25, 0.3) is 0 Å². The van der Waals surface area contributed by atoms with E-state index in [4.69, 9.17) is 26.1 Å². The molecule has 7 nitrogen and oxygen atoms in total. The van der Waals surface area contributed by atoms with Gasteiger partial charge in [-0.2, -0.15) is 4.62 Å². The summed E-state index contributed by atoms with van der Waals surface area (Å²) in [6.45, 7) is -3.24. The Hall–Kier alpha value is -0.950. The molecular weight excluding hydrogens is 297 g/mol.